The summed E-state index contributed by atoms with van der Waals surface area (Å²) in [5, 5.41) is 11.4. The molecule has 4 aromatic carbocycles. The molecule has 0 fully saturated rings. The summed E-state index contributed by atoms with van der Waals surface area (Å²) in [4.78, 5) is 14.5. The van der Waals surface area contributed by atoms with Crippen LogP contribution in [0.2, 0.25) is 0 Å². The first-order valence-corrected chi connectivity index (χ1v) is 12.1. The van der Waals surface area contributed by atoms with E-state index in [9.17, 15) is 14.3 Å². The lowest BCUT2D eigenvalue weighted by molar-refractivity contribution is -0.137. The number of fused-ring (bicyclic) bond motifs is 1. The SMILES string of the molecule is COc1ccc(SNc2ccc(N(Cc3ccccc3F)[C@@H](C)CC(=O)O)c3ccccc23)cc1. The van der Waals surface area contributed by atoms with Gasteiger partial charge in [0.05, 0.1) is 19.2 Å². The Morgan fingerprint density at radius 1 is 1.00 bits per heavy atom. The molecule has 0 saturated carbocycles. The molecule has 0 unspecified atom stereocenters. The maximum Gasteiger partial charge on any atom is 0.305 e. The second-order valence-electron chi connectivity index (χ2n) is 8.22. The summed E-state index contributed by atoms with van der Waals surface area (Å²) in [6, 6.07) is 26.0. The minimum Gasteiger partial charge on any atom is -0.497 e. The molecule has 1 atom stereocenters. The topological polar surface area (TPSA) is 61.8 Å². The Kier molecular flexibility index (Phi) is 7.77. The van der Waals surface area contributed by atoms with Crippen molar-refractivity contribution >= 4 is 40.1 Å². The van der Waals surface area contributed by atoms with E-state index in [0.717, 1.165) is 32.8 Å². The number of carboxylic acids is 1. The van der Waals surface area contributed by atoms with Crippen LogP contribution in [0.25, 0.3) is 10.8 Å². The Labute approximate surface area is 208 Å². The van der Waals surface area contributed by atoms with Crippen molar-refractivity contribution in [3.05, 3.63) is 96.3 Å². The third-order valence-corrected chi connectivity index (χ3v) is 6.68. The van der Waals surface area contributed by atoms with E-state index in [-0.39, 0.29) is 24.8 Å². The lowest BCUT2D eigenvalue weighted by atomic mass is 10.0. The van der Waals surface area contributed by atoms with Gasteiger partial charge in [-0.3, -0.25) is 4.79 Å². The van der Waals surface area contributed by atoms with Crippen LogP contribution in [0.15, 0.2) is 89.8 Å². The first kappa shape index (κ1) is 24.4. The second-order valence-corrected chi connectivity index (χ2v) is 9.10. The number of anilines is 2. The van der Waals surface area contributed by atoms with Gasteiger partial charge < -0.3 is 19.5 Å². The summed E-state index contributed by atoms with van der Waals surface area (Å²) in [5.41, 5.74) is 2.31. The van der Waals surface area contributed by atoms with Crippen LogP contribution in [0.3, 0.4) is 0 Å². The van der Waals surface area contributed by atoms with Crippen LogP contribution in [0.5, 0.6) is 5.75 Å². The molecule has 180 valence electrons. The van der Waals surface area contributed by atoms with Gasteiger partial charge in [-0.25, -0.2) is 4.39 Å². The average molecular weight is 491 g/mol. The molecule has 5 nitrogen and oxygen atoms in total. The van der Waals surface area contributed by atoms with Crippen molar-refractivity contribution in [3.63, 3.8) is 0 Å². The van der Waals surface area contributed by atoms with E-state index in [1.807, 2.05) is 72.5 Å². The molecule has 0 heterocycles. The molecule has 0 aliphatic heterocycles. The van der Waals surface area contributed by atoms with Gasteiger partial charge in [0.25, 0.3) is 0 Å². The van der Waals surface area contributed by atoms with Gasteiger partial charge in [0.15, 0.2) is 0 Å². The van der Waals surface area contributed by atoms with Gasteiger partial charge in [0, 0.05) is 39.5 Å². The molecule has 0 saturated heterocycles. The summed E-state index contributed by atoms with van der Waals surface area (Å²) in [7, 11) is 1.64. The van der Waals surface area contributed by atoms with Crippen LogP contribution in [0.1, 0.15) is 18.9 Å². The predicted octanol–water partition coefficient (Wildman–Crippen LogP) is 6.98. The van der Waals surface area contributed by atoms with Crippen molar-refractivity contribution in [2.75, 3.05) is 16.7 Å². The predicted molar refractivity (Wildman–Crippen MR) is 141 cm³/mol. The lowest BCUT2D eigenvalue weighted by Gasteiger charge is -2.32. The van der Waals surface area contributed by atoms with Gasteiger partial charge in [0.1, 0.15) is 11.6 Å². The standard InChI is InChI=1S/C28H27FN2O3S/c1-19(17-28(32)33)31(18-20-7-3-6-10-25(20)29)27-16-15-26(23-8-4-5-9-24(23)27)30-35-22-13-11-21(34-2)12-14-22/h3-16,19,30H,17-18H2,1-2H3,(H,32,33)/t19-/m0/s1. The van der Waals surface area contributed by atoms with Crippen molar-refractivity contribution in [2.45, 2.75) is 30.8 Å². The maximum atomic E-state index is 14.5. The maximum absolute atomic E-state index is 14.5. The number of hydrogen-bond acceptors (Lipinski definition) is 5. The van der Waals surface area contributed by atoms with Crippen LogP contribution in [-0.4, -0.2) is 24.2 Å². The minimum absolute atomic E-state index is 0.0594. The van der Waals surface area contributed by atoms with Gasteiger partial charge in [0.2, 0.25) is 0 Å². The number of nitrogens with one attached hydrogen (secondary N) is 1. The molecular weight excluding hydrogens is 463 g/mol. The number of aliphatic carboxylic acids is 1. The van der Waals surface area contributed by atoms with E-state index in [4.69, 9.17) is 4.74 Å². The van der Waals surface area contributed by atoms with Crippen LogP contribution < -0.4 is 14.4 Å². The lowest BCUT2D eigenvalue weighted by Crippen LogP contribution is -2.34. The molecule has 4 rings (SSSR count). The highest BCUT2D eigenvalue weighted by Crippen LogP contribution is 2.36. The third-order valence-electron chi connectivity index (χ3n) is 5.85. The molecule has 0 aliphatic rings. The van der Waals surface area contributed by atoms with E-state index in [0.29, 0.717) is 5.56 Å². The molecule has 0 aromatic heterocycles. The summed E-state index contributed by atoms with van der Waals surface area (Å²) in [5.74, 6) is -0.400. The summed E-state index contributed by atoms with van der Waals surface area (Å²) in [6.45, 7) is 2.12. The minimum atomic E-state index is -0.894. The zero-order valence-electron chi connectivity index (χ0n) is 19.6. The van der Waals surface area contributed by atoms with Gasteiger partial charge in [-0.15, -0.1) is 0 Å². The Morgan fingerprint density at radius 3 is 2.37 bits per heavy atom. The molecule has 2 N–H and O–H groups in total. The van der Waals surface area contributed by atoms with Crippen LogP contribution in [0.4, 0.5) is 15.8 Å². The highest BCUT2D eigenvalue weighted by molar-refractivity contribution is 8.00. The van der Waals surface area contributed by atoms with Crippen molar-refractivity contribution < 1.29 is 19.0 Å². The molecule has 7 heteroatoms. The van der Waals surface area contributed by atoms with Gasteiger partial charge in [-0.2, -0.15) is 0 Å². The fourth-order valence-electron chi connectivity index (χ4n) is 4.03. The number of methoxy groups -OCH3 is 1. The van der Waals surface area contributed by atoms with Crippen molar-refractivity contribution in [1.82, 2.24) is 0 Å². The molecule has 0 amide bonds. The van der Waals surface area contributed by atoms with Crippen LogP contribution in [0, 0.1) is 5.82 Å². The van der Waals surface area contributed by atoms with Crippen molar-refractivity contribution in [2.24, 2.45) is 0 Å². The number of carbonyl (C=O) groups is 1. The molecule has 0 spiro atoms. The molecule has 35 heavy (non-hydrogen) atoms. The number of rotatable bonds is 10. The molecule has 0 aliphatic carbocycles. The van der Waals surface area contributed by atoms with E-state index in [2.05, 4.69) is 4.72 Å². The quantitative estimate of drug-likeness (QED) is 0.234. The second kappa shape index (κ2) is 11.1. The zero-order valence-corrected chi connectivity index (χ0v) is 20.4. The Balaban J connectivity index is 1.69. The molecule has 0 bridgehead atoms. The normalized spacial score (nSPS) is 11.7. The molecular formula is C28H27FN2O3S. The number of halogens is 1. The van der Waals surface area contributed by atoms with E-state index < -0.39 is 5.97 Å². The van der Waals surface area contributed by atoms with Crippen molar-refractivity contribution in [3.8, 4) is 5.75 Å². The molecule has 4 aromatic rings. The highest BCUT2D eigenvalue weighted by atomic mass is 32.2. The number of ether oxygens (including phenoxy) is 1. The van der Waals surface area contributed by atoms with Crippen LogP contribution >= 0.6 is 11.9 Å². The van der Waals surface area contributed by atoms with Crippen LogP contribution in [-0.2, 0) is 11.3 Å². The Bertz CT molecular complexity index is 1310. The Morgan fingerprint density at radius 2 is 1.69 bits per heavy atom. The fourth-order valence-corrected chi connectivity index (χ4v) is 4.71. The zero-order chi connectivity index (χ0) is 24.8. The third kappa shape index (κ3) is 5.87. The number of carboxylic acid groups (broad SMARTS) is 1. The molecule has 0 radical (unpaired) electrons. The van der Waals surface area contributed by atoms with Gasteiger partial charge >= 0.3 is 5.97 Å². The first-order valence-electron chi connectivity index (χ1n) is 11.3. The summed E-state index contributed by atoms with van der Waals surface area (Å²) >= 11 is 1.49. The number of hydrogen-bond donors (Lipinski definition) is 2. The summed E-state index contributed by atoms with van der Waals surface area (Å²) in [6.07, 6.45) is -0.0594. The van der Waals surface area contributed by atoms with Gasteiger partial charge in [-0.05, 0) is 61.3 Å². The first-order chi connectivity index (χ1) is 17.0. The summed E-state index contributed by atoms with van der Waals surface area (Å²) < 4.78 is 23.2. The van der Waals surface area contributed by atoms with Gasteiger partial charge in [-0.1, -0.05) is 42.5 Å². The van der Waals surface area contributed by atoms with E-state index >= 15 is 0 Å². The smallest absolute Gasteiger partial charge is 0.305 e. The number of nitrogens with zero attached hydrogens (tertiary/aromatic N) is 1. The van der Waals surface area contributed by atoms with Crippen molar-refractivity contribution in [1.29, 1.82) is 0 Å². The number of benzene rings is 4. The largest absolute Gasteiger partial charge is 0.497 e. The average Bonchev–Trinajstić information content (AvgIpc) is 2.87. The Hall–Kier alpha value is -3.71. The monoisotopic (exact) mass is 490 g/mol. The fraction of sp³-hybridized carbons (Fsp3) is 0.179. The highest BCUT2D eigenvalue weighted by Gasteiger charge is 2.21. The van der Waals surface area contributed by atoms with E-state index in [1.54, 1.807) is 25.3 Å². The van der Waals surface area contributed by atoms with E-state index in [1.165, 1.54) is 18.0 Å².